The molecule has 2 amide bonds. The van der Waals surface area contributed by atoms with Crippen LogP contribution in [0.4, 0.5) is 0 Å². The van der Waals surface area contributed by atoms with Crippen molar-refractivity contribution in [2.45, 2.75) is 0 Å². The lowest BCUT2D eigenvalue weighted by atomic mass is 9.97. The molecule has 0 radical (unpaired) electrons. The van der Waals surface area contributed by atoms with Crippen LogP contribution in [-0.4, -0.2) is 49.9 Å². The standard InChI is InChI=1S/C21H20N2O4/c1-23(2)19(25)12-22-18(24)13-27-21(26)20-16-9-5-3-7-14(16)11-15-8-4-6-10-17(15)20/h3-11H,12-13H2,1-2H3,(H,22,24). The number of carbonyl (C=O) groups is 3. The van der Waals surface area contributed by atoms with Crippen molar-refractivity contribution in [2.24, 2.45) is 0 Å². The number of nitrogens with one attached hydrogen (secondary N) is 1. The van der Waals surface area contributed by atoms with Gasteiger partial charge in [0, 0.05) is 14.1 Å². The molecule has 6 heteroatoms. The summed E-state index contributed by atoms with van der Waals surface area (Å²) >= 11 is 0. The second-order valence-electron chi connectivity index (χ2n) is 6.33. The summed E-state index contributed by atoms with van der Waals surface area (Å²) in [5, 5.41) is 5.81. The molecule has 6 nitrogen and oxygen atoms in total. The lowest BCUT2D eigenvalue weighted by Gasteiger charge is -2.12. The van der Waals surface area contributed by atoms with E-state index in [1.54, 1.807) is 14.1 Å². The van der Waals surface area contributed by atoms with E-state index in [1.807, 2.05) is 54.6 Å². The molecule has 0 heterocycles. The Morgan fingerprint density at radius 3 is 2.04 bits per heavy atom. The van der Waals surface area contributed by atoms with E-state index < -0.39 is 18.5 Å². The average Bonchev–Trinajstić information content (AvgIpc) is 2.68. The summed E-state index contributed by atoms with van der Waals surface area (Å²) in [6, 6.07) is 17.1. The molecule has 0 aromatic heterocycles. The van der Waals surface area contributed by atoms with Gasteiger partial charge in [0.15, 0.2) is 6.61 Å². The van der Waals surface area contributed by atoms with E-state index >= 15 is 0 Å². The van der Waals surface area contributed by atoms with Crippen LogP contribution in [0.1, 0.15) is 10.4 Å². The maximum atomic E-state index is 12.7. The Hall–Kier alpha value is -3.41. The molecule has 0 fully saturated rings. The summed E-state index contributed by atoms with van der Waals surface area (Å²) in [7, 11) is 3.19. The minimum atomic E-state index is -0.572. The lowest BCUT2D eigenvalue weighted by molar-refractivity contribution is -0.131. The van der Waals surface area contributed by atoms with Gasteiger partial charge in [0.1, 0.15) is 0 Å². The molecule has 0 aliphatic heterocycles. The first-order valence-corrected chi connectivity index (χ1v) is 8.52. The molecule has 138 valence electrons. The summed E-state index contributed by atoms with van der Waals surface area (Å²) < 4.78 is 5.22. The molecule has 3 aromatic carbocycles. The number of nitrogens with zero attached hydrogens (tertiary/aromatic N) is 1. The smallest absolute Gasteiger partial charge is 0.339 e. The van der Waals surface area contributed by atoms with Gasteiger partial charge in [0.05, 0.1) is 12.1 Å². The molecular formula is C21H20N2O4. The van der Waals surface area contributed by atoms with Gasteiger partial charge in [-0.3, -0.25) is 9.59 Å². The van der Waals surface area contributed by atoms with Crippen molar-refractivity contribution in [3.63, 3.8) is 0 Å². The van der Waals surface area contributed by atoms with Gasteiger partial charge in [-0.25, -0.2) is 4.79 Å². The molecule has 0 unspecified atom stereocenters. The minimum Gasteiger partial charge on any atom is -0.452 e. The van der Waals surface area contributed by atoms with Gasteiger partial charge in [0.25, 0.3) is 5.91 Å². The number of ether oxygens (including phenoxy) is 1. The highest BCUT2D eigenvalue weighted by molar-refractivity contribution is 6.16. The maximum Gasteiger partial charge on any atom is 0.339 e. The Bertz CT molecular complexity index is 973. The van der Waals surface area contributed by atoms with Crippen molar-refractivity contribution < 1.29 is 19.1 Å². The van der Waals surface area contributed by atoms with E-state index in [1.165, 1.54) is 4.90 Å². The number of hydrogen-bond acceptors (Lipinski definition) is 4. The predicted molar refractivity (Wildman–Crippen MR) is 103 cm³/mol. The van der Waals surface area contributed by atoms with E-state index in [0.717, 1.165) is 21.5 Å². The fourth-order valence-corrected chi connectivity index (χ4v) is 2.82. The fourth-order valence-electron chi connectivity index (χ4n) is 2.82. The summed E-state index contributed by atoms with van der Waals surface area (Å²) in [6.45, 7) is -0.586. The van der Waals surface area contributed by atoms with Crippen molar-refractivity contribution in [1.82, 2.24) is 10.2 Å². The number of amides is 2. The number of benzene rings is 3. The third kappa shape index (κ3) is 4.06. The Kier molecular flexibility index (Phi) is 5.35. The number of hydrogen-bond donors (Lipinski definition) is 1. The van der Waals surface area contributed by atoms with Crippen LogP contribution in [0.2, 0.25) is 0 Å². The molecule has 27 heavy (non-hydrogen) atoms. The largest absolute Gasteiger partial charge is 0.452 e. The Labute approximate surface area is 156 Å². The van der Waals surface area contributed by atoms with Crippen LogP contribution in [0.25, 0.3) is 21.5 Å². The van der Waals surface area contributed by atoms with Crippen LogP contribution < -0.4 is 5.32 Å². The van der Waals surface area contributed by atoms with Crippen LogP contribution in [-0.2, 0) is 14.3 Å². The van der Waals surface area contributed by atoms with Crippen LogP contribution in [0.3, 0.4) is 0 Å². The minimum absolute atomic E-state index is 0.138. The van der Waals surface area contributed by atoms with E-state index in [4.69, 9.17) is 4.74 Å². The Morgan fingerprint density at radius 2 is 1.48 bits per heavy atom. The second-order valence-corrected chi connectivity index (χ2v) is 6.33. The van der Waals surface area contributed by atoms with Gasteiger partial charge < -0.3 is 15.0 Å². The Balaban J connectivity index is 1.81. The van der Waals surface area contributed by atoms with E-state index in [-0.39, 0.29) is 12.5 Å². The van der Waals surface area contributed by atoms with Gasteiger partial charge in [-0.05, 0) is 27.6 Å². The first-order valence-electron chi connectivity index (χ1n) is 8.52. The molecule has 0 aliphatic carbocycles. The normalized spacial score (nSPS) is 10.6. The molecule has 0 spiro atoms. The molecule has 0 atom stereocenters. The van der Waals surface area contributed by atoms with E-state index in [9.17, 15) is 14.4 Å². The topological polar surface area (TPSA) is 75.7 Å². The fraction of sp³-hybridized carbons (Fsp3) is 0.190. The van der Waals surface area contributed by atoms with E-state index in [0.29, 0.717) is 5.56 Å². The molecule has 3 rings (SSSR count). The van der Waals surface area contributed by atoms with Crippen LogP contribution in [0.5, 0.6) is 0 Å². The summed E-state index contributed by atoms with van der Waals surface area (Å²) in [4.78, 5) is 37.5. The second kappa shape index (κ2) is 7.86. The van der Waals surface area contributed by atoms with Crippen LogP contribution >= 0.6 is 0 Å². The first-order chi connectivity index (χ1) is 13.0. The molecule has 1 N–H and O–H groups in total. The van der Waals surface area contributed by atoms with Gasteiger partial charge >= 0.3 is 5.97 Å². The predicted octanol–water partition coefficient (Wildman–Crippen LogP) is 2.35. The van der Waals surface area contributed by atoms with Gasteiger partial charge in [-0.2, -0.15) is 0 Å². The lowest BCUT2D eigenvalue weighted by Crippen LogP contribution is -2.38. The first kappa shape index (κ1) is 18.4. The quantitative estimate of drug-likeness (QED) is 0.557. The third-order valence-corrected chi connectivity index (χ3v) is 4.25. The zero-order valence-corrected chi connectivity index (χ0v) is 15.2. The van der Waals surface area contributed by atoms with Gasteiger partial charge in [0.2, 0.25) is 5.91 Å². The average molecular weight is 364 g/mol. The molecule has 0 bridgehead atoms. The van der Waals surface area contributed by atoms with Gasteiger partial charge in [-0.15, -0.1) is 0 Å². The van der Waals surface area contributed by atoms with Crippen LogP contribution in [0.15, 0.2) is 54.6 Å². The van der Waals surface area contributed by atoms with Gasteiger partial charge in [-0.1, -0.05) is 48.5 Å². The summed E-state index contributed by atoms with van der Waals surface area (Å²) in [6.07, 6.45) is 0. The summed E-state index contributed by atoms with van der Waals surface area (Å²) in [5.41, 5.74) is 0.431. The number of rotatable bonds is 5. The number of esters is 1. The number of carbonyl (C=O) groups excluding carboxylic acids is 3. The molecule has 3 aromatic rings. The Morgan fingerprint density at radius 1 is 0.926 bits per heavy atom. The highest BCUT2D eigenvalue weighted by Crippen LogP contribution is 2.29. The van der Waals surface area contributed by atoms with Crippen molar-refractivity contribution in [3.05, 3.63) is 60.2 Å². The number of fused-ring (bicyclic) bond motifs is 2. The monoisotopic (exact) mass is 364 g/mol. The maximum absolute atomic E-state index is 12.7. The highest BCUT2D eigenvalue weighted by atomic mass is 16.5. The summed E-state index contributed by atoms with van der Waals surface area (Å²) in [5.74, 6) is -1.34. The molecule has 0 saturated carbocycles. The number of likely N-dealkylation sites (N-methyl/N-ethyl adjacent to an activating group) is 1. The van der Waals surface area contributed by atoms with Crippen molar-refractivity contribution in [1.29, 1.82) is 0 Å². The van der Waals surface area contributed by atoms with Crippen molar-refractivity contribution in [2.75, 3.05) is 27.2 Å². The van der Waals surface area contributed by atoms with Crippen LogP contribution in [0, 0.1) is 0 Å². The SMILES string of the molecule is CN(C)C(=O)CNC(=O)COC(=O)c1c2ccccc2cc2ccccc12. The molecule has 0 aliphatic rings. The van der Waals surface area contributed by atoms with Crippen molar-refractivity contribution >= 4 is 39.3 Å². The highest BCUT2D eigenvalue weighted by Gasteiger charge is 2.17. The molecular weight excluding hydrogens is 344 g/mol. The zero-order valence-electron chi connectivity index (χ0n) is 15.2. The van der Waals surface area contributed by atoms with E-state index in [2.05, 4.69) is 5.32 Å². The molecule has 0 saturated heterocycles. The zero-order chi connectivity index (χ0) is 19.4. The third-order valence-electron chi connectivity index (χ3n) is 4.25. The van der Waals surface area contributed by atoms with Crippen molar-refractivity contribution in [3.8, 4) is 0 Å².